The highest BCUT2D eigenvalue weighted by Crippen LogP contribution is 2.46. The van der Waals surface area contributed by atoms with Gasteiger partial charge >= 0.3 is 0 Å². The molecule has 1 radical (unpaired) electrons. The SMILES string of the molecule is COc1ccc(C2CC2[C]=O)cc1. The van der Waals surface area contributed by atoms with Crippen LogP contribution >= 0.6 is 0 Å². The van der Waals surface area contributed by atoms with Crippen LogP contribution in [0.4, 0.5) is 0 Å². The van der Waals surface area contributed by atoms with Crippen LogP contribution in [0.25, 0.3) is 0 Å². The summed E-state index contributed by atoms with van der Waals surface area (Å²) in [4.78, 5) is 10.3. The fourth-order valence-electron chi connectivity index (χ4n) is 1.54. The zero-order valence-corrected chi connectivity index (χ0v) is 7.49. The Hall–Kier alpha value is -1.31. The van der Waals surface area contributed by atoms with Gasteiger partial charge in [0.15, 0.2) is 0 Å². The maximum atomic E-state index is 10.3. The van der Waals surface area contributed by atoms with Crippen LogP contribution in [0.3, 0.4) is 0 Å². The first-order chi connectivity index (χ1) is 6.35. The number of hydrogen-bond donors (Lipinski definition) is 0. The lowest BCUT2D eigenvalue weighted by atomic mass is 10.1. The van der Waals surface area contributed by atoms with Crippen molar-refractivity contribution in [1.82, 2.24) is 0 Å². The molecule has 2 atom stereocenters. The summed E-state index contributed by atoms with van der Waals surface area (Å²) >= 11 is 0. The highest BCUT2D eigenvalue weighted by molar-refractivity contribution is 5.62. The van der Waals surface area contributed by atoms with Crippen LogP contribution in [-0.4, -0.2) is 13.4 Å². The van der Waals surface area contributed by atoms with Gasteiger partial charge in [0.1, 0.15) is 5.75 Å². The van der Waals surface area contributed by atoms with E-state index in [1.54, 1.807) is 7.11 Å². The average Bonchev–Trinajstić information content (AvgIpc) is 2.97. The highest BCUT2D eigenvalue weighted by atomic mass is 16.5. The summed E-state index contributed by atoms with van der Waals surface area (Å²) in [6.45, 7) is 0. The molecule has 2 unspecified atom stereocenters. The molecule has 0 saturated heterocycles. The van der Waals surface area contributed by atoms with E-state index in [0.29, 0.717) is 5.92 Å². The molecule has 1 saturated carbocycles. The van der Waals surface area contributed by atoms with Gasteiger partial charge in [-0.05, 0) is 30.0 Å². The van der Waals surface area contributed by atoms with Gasteiger partial charge in [0, 0.05) is 5.92 Å². The van der Waals surface area contributed by atoms with Crippen molar-refractivity contribution in [3.63, 3.8) is 0 Å². The number of carbonyl (C=O) groups excluding carboxylic acids is 1. The number of methoxy groups -OCH3 is 1. The summed E-state index contributed by atoms with van der Waals surface area (Å²) in [5, 5.41) is 0. The summed E-state index contributed by atoms with van der Waals surface area (Å²) in [6, 6.07) is 7.88. The van der Waals surface area contributed by atoms with Gasteiger partial charge in [-0.2, -0.15) is 0 Å². The van der Waals surface area contributed by atoms with E-state index in [1.165, 1.54) is 5.56 Å². The Balaban J connectivity index is 2.11. The van der Waals surface area contributed by atoms with Crippen molar-refractivity contribution < 1.29 is 9.53 Å². The van der Waals surface area contributed by atoms with E-state index in [4.69, 9.17) is 4.74 Å². The fraction of sp³-hybridized carbons (Fsp3) is 0.364. The van der Waals surface area contributed by atoms with Gasteiger partial charge in [0.2, 0.25) is 6.29 Å². The molecular formula is C11H11O2. The molecule has 0 bridgehead atoms. The molecule has 0 aliphatic heterocycles. The molecule has 1 aromatic carbocycles. The van der Waals surface area contributed by atoms with E-state index >= 15 is 0 Å². The molecule has 1 aliphatic carbocycles. The first-order valence-corrected chi connectivity index (χ1v) is 4.37. The van der Waals surface area contributed by atoms with Gasteiger partial charge < -0.3 is 4.74 Å². The maximum Gasteiger partial charge on any atom is 0.202 e. The van der Waals surface area contributed by atoms with E-state index in [1.807, 2.05) is 30.6 Å². The van der Waals surface area contributed by atoms with Crippen molar-refractivity contribution in [3.05, 3.63) is 29.8 Å². The summed E-state index contributed by atoms with van der Waals surface area (Å²) in [5.74, 6) is 1.40. The lowest BCUT2D eigenvalue weighted by Crippen LogP contribution is -1.86. The summed E-state index contributed by atoms with van der Waals surface area (Å²) in [5.41, 5.74) is 1.22. The van der Waals surface area contributed by atoms with Crippen molar-refractivity contribution in [1.29, 1.82) is 0 Å². The Morgan fingerprint density at radius 3 is 2.54 bits per heavy atom. The monoisotopic (exact) mass is 175 g/mol. The zero-order valence-electron chi connectivity index (χ0n) is 7.49. The summed E-state index contributed by atoms with van der Waals surface area (Å²) < 4.78 is 5.05. The van der Waals surface area contributed by atoms with Gasteiger partial charge in [-0.15, -0.1) is 0 Å². The number of benzene rings is 1. The minimum Gasteiger partial charge on any atom is -0.497 e. The Morgan fingerprint density at radius 2 is 2.08 bits per heavy atom. The normalized spacial score (nSPS) is 25.3. The number of hydrogen-bond acceptors (Lipinski definition) is 2. The first-order valence-electron chi connectivity index (χ1n) is 4.37. The quantitative estimate of drug-likeness (QED) is 0.701. The van der Waals surface area contributed by atoms with Crippen molar-refractivity contribution in [2.24, 2.45) is 5.92 Å². The van der Waals surface area contributed by atoms with E-state index in [2.05, 4.69) is 0 Å². The van der Waals surface area contributed by atoms with Crippen LogP contribution in [0.15, 0.2) is 24.3 Å². The molecule has 2 heteroatoms. The van der Waals surface area contributed by atoms with Crippen LogP contribution in [0.2, 0.25) is 0 Å². The molecular weight excluding hydrogens is 164 g/mol. The van der Waals surface area contributed by atoms with E-state index in [9.17, 15) is 4.79 Å². The molecule has 1 aromatic rings. The molecule has 13 heavy (non-hydrogen) atoms. The van der Waals surface area contributed by atoms with Crippen molar-refractivity contribution >= 4 is 6.29 Å². The largest absolute Gasteiger partial charge is 0.497 e. The molecule has 0 N–H and O–H groups in total. The van der Waals surface area contributed by atoms with Crippen molar-refractivity contribution in [3.8, 4) is 5.75 Å². The third-order valence-corrected chi connectivity index (χ3v) is 2.49. The molecule has 0 amide bonds. The number of rotatable bonds is 3. The van der Waals surface area contributed by atoms with Gasteiger partial charge in [-0.1, -0.05) is 12.1 Å². The zero-order chi connectivity index (χ0) is 9.26. The smallest absolute Gasteiger partial charge is 0.202 e. The van der Waals surface area contributed by atoms with Gasteiger partial charge in [-0.25, -0.2) is 0 Å². The van der Waals surface area contributed by atoms with Crippen molar-refractivity contribution in [2.75, 3.05) is 7.11 Å². The first kappa shape index (κ1) is 8.30. The van der Waals surface area contributed by atoms with Crippen molar-refractivity contribution in [2.45, 2.75) is 12.3 Å². The Morgan fingerprint density at radius 1 is 1.38 bits per heavy atom. The Bertz CT molecular complexity index is 302. The Kier molecular flexibility index (Phi) is 2.05. The average molecular weight is 175 g/mol. The second-order valence-corrected chi connectivity index (χ2v) is 3.34. The topological polar surface area (TPSA) is 26.3 Å². The molecule has 1 aliphatic rings. The van der Waals surface area contributed by atoms with Crippen LogP contribution in [-0.2, 0) is 4.79 Å². The van der Waals surface area contributed by atoms with Crippen LogP contribution in [0.1, 0.15) is 17.9 Å². The van der Waals surface area contributed by atoms with Gasteiger partial charge in [-0.3, -0.25) is 4.79 Å². The molecule has 0 aromatic heterocycles. The Labute approximate surface area is 77.5 Å². The molecule has 2 rings (SSSR count). The second kappa shape index (κ2) is 3.21. The molecule has 1 fully saturated rings. The molecule has 0 heterocycles. The van der Waals surface area contributed by atoms with E-state index in [-0.39, 0.29) is 5.92 Å². The minimum absolute atomic E-state index is 0.133. The minimum atomic E-state index is 0.133. The molecule has 67 valence electrons. The van der Waals surface area contributed by atoms with E-state index in [0.717, 1.165) is 12.2 Å². The lowest BCUT2D eigenvalue weighted by Gasteiger charge is -2.00. The predicted octanol–water partition coefficient (Wildman–Crippen LogP) is 1.91. The number of ether oxygens (including phenoxy) is 1. The standard InChI is InChI=1S/C11H11O2/c1-13-10-4-2-8(3-5-10)11-6-9(11)7-12/h2-5,9,11H,6H2,1H3. The van der Waals surface area contributed by atoms with E-state index < -0.39 is 0 Å². The second-order valence-electron chi connectivity index (χ2n) is 3.34. The highest BCUT2D eigenvalue weighted by Gasteiger charge is 2.38. The van der Waals surface area contributed by atoms with Crippen LogP contribution in [0.5, 0.6) is 5.75 Å². The van der Waals surface area contributed by atoms with Crippen LogP contribution in [0, 0.1) is 5.92 Å². The maximum absolute atomic E-state index is 10.3. The third kappa shape index (κ3) is 1.57. The summed E-state index contributed by atoms with van der Waals surface area (Å²) in [7, 11) is 1.65. The molecule has 0 spiro atoms. The lowest BCUT2D eigenvalue weighted by molar-refractivity contribution is 0.414. The predicted molar refractivity (Wildman–Crippen MR) is 49.5 cm³/mol. The van der Waals surface area contributed by atoms with Crippen LogP contribution < -0.4 is 4.74 Å². The molecule has 2 nitrogen and oxygen atoms in total. The van der Waals surface area contributed by atoms with Gasteiger partial charge in [0.25, 0.3) is 0 Å². The fourth-order valence-corrected chi connectivity index (χ4v) is 1.54. The summed E-state index contributed by atoms with van der Waals surface area (Å²) in [6.07, 6.45) is 2.99. The third-order valence-electron chi connectivity index (χ3n) is 2.49. The van der Waals surface area contributed by atoms with Gasteiger partial charge in [0.05, 0.1) is 7.11 Å².